The average molecular weight is 409 g/mol. The van der Waals surface area contributed by atoms with E-state index in [0.717, 1.165) is 22.0 Å². The molecule has 1 atom stereocenters. The fourth-order valence-electron chi connectivity index (χ4n) is 3.96. The number of rotatable bonds is 7. The van der Waals surface area contributed by atoms with E-state index in [4.69, 9.17) is 20.7 Å². The summed E-state index contributed by atoms with van der Waals surface area (Å²) >= 11 is 0. The van der Waals surface area contributed by atoms with E-state index in [9.17, 15) is 8.78 Å². The minimum absolute atomic E-state index is 0.134. The van der Waals surface area contributed by atoms with E-state index in [0.29, 0.717) is 41.9 Å². The van der Waals surface area contributed by atoms with Gasteiger partial charge in [0.2, 0.25) is 0 Å². The Morgan fingerprint density at radius 3 is 2.83 bits per heavy atom. The number of benzene rings is 2. The Labute approximate surface area is 171 Å². The zero-order chi connectivity index (χ0) is 21.3. The predicted molar refractivity (Wildman–Crippen MR) is 111 cm³/mol. The Kier molecular flexibility index (Phi) is 5.38. The molecule has 4 aromatic rings. The largest absolute Gasteiger partial charge is 0.434 e. The van der Waals surface area contributed by atoms with E-state index < -0.39 is 6.61 Å². The van der Waals surface area contributed by atoms with Crippen LogP contribution in [0.1, 0.15) is 41.3 Å². The van der Waals surface area contributed by atoms with Crippen molar-refractivity contribution in [2.24, 2.45) is 5.73 Å². The lowest BCUT2D eigenvalue weighted by atomic mass is 9.89. The molecule has 0 saturated carbocycles. The Bertz CT molecular complexity index is 1240. The van der Waals surface area contributed by atoms with E-state index in [1.807, 2.05) is 13.0 Å². The summed E-state index contributed by atoms with van der Waals surface area (Å²) in [6.07, 6.45) is 3.06. The molecule has 154 valence electrons. The smallest absolute Gasteiger partial charge is 0.387 e. The summed E-state index contributed by atoms with van der Waals surface area (Å²) < 4.78 is 31.4. The fourth-order valence-corrected chi connectivity index (χ4v) is 3.96. The van der Waals surface area contributed by atoms with Crippen LogP contribution in [0.2, 0.25) is 0 Å². The number of hydrogen-bond donors (Lipinski definition) is 3. The summed E-state index contributed by atoms with van der Waals surface area (Å²) in [5.74, 6) is 0.424. The number of nitrogens with one attached hydrogen (secondary N) is 2. The van der Waals surface area contributed by atoms with Crippen molar-refractivity contribution in [1.82, 2.24) is 15.0 Å². The number of halogens is 2. The molecule has 30 heavy (non-hydrogen) atoms. The SMILES string of the molecule is Cc1cc(OC(F)F)c(C(CCCN)c2nc3ccc(C#N)cc3[nH]2)c2cc[nH]c12. The van der Waals surface area contributed by atoms with Crippen LogP contribution in [-0.4, -0.2) is 28.1 Å². The molecule has 0 bridgehead atoms. The summed E-state index contributed by atoms with van der Waals surface area (Å²) in [5, 5.41) is 9.97. The maximum atomic E-state index is 13.2. The highest BCUT2D eigenvalue weighted by Gasteiger charge is 2.26. The minimum Gasteiger partial charge on any atom is -0.434 e. The van der Waals surface area contributed by atoms with Crippen molar-refractivity contribution >= 4 is 21.9 Å². The second-order valence-corrected chi connectivity index (χ2v) is 7.20. The van der Waals surface area contributed by atoms with Gasteiger partial charge in [0.15, 0.2) is 0 Å². The van der Waals surface area contributed by atoms with Crippen molar-refractivity contribution in [3.8, 4) is 11.8 Å². The van der Waals surface area contributed by atoms with Crippen molar-refractivity contribution < 1.29 is 13.5 Å². The van der Waals surface area contributed by atoms with Gasteiger partial charge in [0.1, 0.15) is 11.6 Å². The van der Waals surface area contributed by atoms with E-state index in [1.165, 1.54) is 0 Å². The molecule has 2 aromatic carbocycles. The van der Waals surface area contributed by atoms with E-state index in [1.54, 1.807) is 30.5 Å². The summed E-state index contributed by atoms with van der Waals surface area (Å²) in [5.41, 5.74) is 10.0. The number of aryl methyl sites for hydroxylation is 1. The lowest BCUT2D eigenvalue weighted by molar-refractivity contribution is -0.0505. The molecule has 0 aliphatic heterocycles. The Morgan fingerprint density at radius 1 is 1.27 bits per heavy atom. The zero-order valence-corrected chi connectivity index (χ0v) is 16.4. The van der Waals surface area contributed by atoms with Crippen LogP contribution in [0, 0.1) is 18.3 Å². The standard InChI is InChI=1S/C22H21F2N5O/c1-12-9-18(30-22(23)24)19(14-6-8-27-20(12)14)15(3-2-7-25)21-28-16-5-4-13(11-26)10-17(16)29-21/h4-6,8-10,15,22,27H,2-3,7,25H2,1H3,(H,28,29). The Hall–Kier alpha value is -3.44. The molecule has 0 fully saturated rings. The summed E-state index contributed by atoms with van der Waals surface area (Å²) in [4.78, 5) is 11.1. The van der Waals surface area contributed by atoms with Crippen LogP contribution in [0.5, 0.6) is 5.75 Å². The van der Waals surface area contributed by atoms with E-state index in [2.05, 4.69) is 16.0 Å². The molecule has 2 aromatic heterocycles. The number of imidazole rings is 1. The van der Waals surface area contributed by atoms with Crippen LogP contribution >= 0.6 is 0 Å². The molecule has 4 rings (SSSR count). The second-order valence-electron chi connectivity index (χ2n) is 7.20. The highest BCUT2D eigenvalue weighted by Crippen LogP contribution is 2.41. The maximum absolute atomic E-state index is 13.2. The summed E-state index contributed by atoms with van der Waals surface area (Å²) in [6.45, 7) is -0.633. The molecule has 6 nitrogen and oxygen atoms in total. The van der Waals surface area contributed by atoms with Gasteiger partial charge in [-0.1, -0.05) is 0 Å². The molecular formula is C22H21F2N5O. The first-order chi connectivity index (χ1) is 14.5. The van der Waals surface area contributed by atoms with Crippen molar-refractivity contribution in [3.63, 3.8) is 0 Å². The van der Waals surface area contributed by atoms with Gasteiger partial charge in [0, 0.05) is 28.6 Å². The van der Waals surface area contributed by atoms with Crippen LogP contribution in [0.4, 0.5) is 8.78 Å². The van der Waals surface area contributed by atoms with Gasteiger partial charge in [0.05, 0.1) is 22.7 Å². The van der Waals surface area contributed by atoms with Crippen molar-refractivity contribution in [2.75, 3.05) is 6.54 Å². The topological polar surface area (TPSA) is 104 Å². The first-order valence-corrected chi connectivity index (χ1v) is 9.67. The van der Waals surface area contributed by atoms with Gasteiger partial charge in [-0.15, -0.1) is 0 Å². The third kappa shape index (κ3) is 3.60. The molecule has 4 N–H and O–H groups in total. The fraction of sp³-hybridized carbons (Fsp3) is 0.273. The summed E-state index contributed by atoms with van der Waals surface area (Å²) in [7, 11) is 0. The zero-order valence-electron chi connectivity index (χ0n) is 16.4. The molecule has 0 amide bonds. The summed E-state index contributed by atoms with van der Waals surface area (Å²) in [6, 6.07) is 10.8. The lowest BCUT2D eigenvalue weighted by Crippen LogP contribution is -2.12. The van der Waals surface area contributed by atoms with Gasteiger partial charge in [-0.2, -0.15) is 14.0 Å². The molecule has 0 radical (unpaired) electrons. The molecule has 0 spiro atoms. The molecule has 1 unspecified atom stereocenters. The Morgan fingerprint density at radius 2 is 2.10 bits per heavy atom. The molecule has 0 saturated heterocycles. The average Bonchev–Trinajstić information content (AvgIpc) is 3.36. The van der Waals surface area contributed by atoms with Gasteiger partial charge < -0.3 is 20.4 Å². The molecule has 8 heteroatoms. The van der Waals surface area contributed by atoms with Gasteiger partial charge in [0.25, 0.3) is 0 Å². The number of nitrogens with zero attached hydrogens (tertiary/aromatic N) is 2. The number of fused-ring (bicyclic) bond motifs is 2. The minimum atomic E-state index is -2.94. The van der Waals surface area contributed by atoms with Crippen molar-refractivity contribution in [2.45, 2.75) is 32.3 Å². The first-order valence-electron chi connectivity index (χ1n) is 9.67. The third-order valence-corrected chi connectivity index (χ3v) is 5.27. The third-order valence-electron chi connectivity index (χ3n) is 5.27. The number of ether oxygens (including phenoxy) is 1. The van der Waals surface area contributed by atoms with Gasteiger partial charge >= 0.3 is 6.61 Å². The monoisotopic (exact) mass is 409 g/mol. The van der Waals surface area contributed by atoms with Crippen LogP contribution in [0.3, 0.4) is 0 Å². The predicted octanol–water partition coefficient (Wildman–Crippen LogP) is 4.70. The quantitative estimate of drug-likeness (QED) is 0.412. The maximum Gasteiger partial charge on any atom is 0.387 e. The van der Waals surface area contributed by atoms with Gasteiger partial charge in [-0.05, 0) is 62.2 Å². The van der Waals surface area contributed by atoms with Crippen LogP contribution in [0.15, 0.2) is 36.5 Å². The van der Waals surface area contributed by atoms with Crippen LogP contribution < -0.4 is 10.5 Å². The highest BCUT2D eigenvalue weighted by molar-refractivity contribution is 5.89. The molecule has 0 aliphatic rings. The number of aromatic amines is 2. The number of alkyl halides is 2. The number of nitriles is 1. The van der Waals surface area contributed by atoms with Crippen molar-refractivity contribution in [1.29, 1.82) is 5.26 Å². The molecule has 0 aliphatic carbocycles. The normalized spacial score (nSPS) is 12.5. The number of nitrogens with two attached hydrogens (primary N) is 1. The van der Waals surface area contributed by atoms with Crippen molar-refractivity contribution in [3.05, 3.63) is 59.0 Å². The van der Waals surface area contributed by atoms with Gasteiger partial charge in [-0.25, -0.2) is 4.98 Å². The number of H-pyrrole nitrogens is 2. The highest BCUT2D eigenvalue weighted by atomic mass is 19.3. The number of aromatic nitrogens is 3. The van der Waals surface area contributed by atoms with E-state index >= 15 is 0 Å². The first kappa shape index (κ1) is 19.9. The van der Waals surface area contributed by atoms with Gasteiger partial charge in [-0.3, -0.25) is 0 Å². The van der Waals surface area contributed by atoms with Crippen LogP contribution in [0.25, 0.3) is 21.9 Å². The van der Waals surface area contributed by atoms with E-state index in [-0.39, 0.29) is 11.7 Å². The lowest BCUT2D eigenvalue weighted by Gasteiger charge is -2.21. The second kappa shape index (κ2) is 8.13. The van der Waals surface area contributed by atoms with Crippen LogP contribution in [-0.2, 0) is 0 Å². The Balaban J connectivity index is 1.93. The molecule has 2 heterocycles. The number of hydrogen-bond acceptors (Lipinski definition) is 4. The molecular weight excluding hydrogens is 388 g/mol.